The van der Waals surface area contributed by atoms with Crippen LogP contribution in [0.3, 0.4) is 0 Å². The van der Waals surface area contributed by atoms with E-state index in [0.29, 0.717) is 18.8 Å². The Balaban J connectivity index is 1.83. The molecule has 0 aromatic carbocycles. The first-order valence-corrected chi connectivity index (χ1v) is 3.61. The maximum atomic E-state index is 8.42. The minimum Gasteiger partial charge on any atom is -0.396 e. The van der Waals surface area contributed by atoms with Gasteiger partial charge in [-0.2, -0.15) is 0 Å². The average Bonchev–Trinajstić information content (AvgIpc) is 2.48. The molecule has 2 atom stereocenters. The van der Waals surface area contributed by atoms with Crippen molar-refractivity contribution >= 4 is 0 Å². The molecular formula is C7H14O2. The topological polar surface area (TPSA) is 32.8 Å². The van der Waals surface area contributed by atoms with Crippen molar-refractivity contribution in [3.8, 4) is 0 Å². The molecule has 0 aliphatic carbocycles. The fraction of sp³-hybridized carbons (Fsp3) is 1.00. The first-order valence-electron chi connectivity index (χ1n) is 3.61. The van der Waals surface area contributed by atoms with Gasteiger partial charge in [0, 0.05) is 6.61 Å². The largest absolute Gasteiger partial charge is 0.396 e. The van der Waals surface area contributed by atoms with Crippen LogP contribution in [-0.2, 0) is 4.74 Å². The molecule has 0 spiro atoms. The first kappa shape index (κ1) is 7.03. The van der Waals surface area contributed by atoms with Crippen LogP contribution >= 0.6 is 0 Å². The highest BCUT2D eigenvalue weighted by Crippen LogP contribution is 2.25. The molecule has 1 rings (SSSR count). The van der Waals surface area contributed by atoms with Crippen molar-refractivity contribution in [3.63, 3.8) is 0 Å². The minimum atomic E-state index is 0.321. The number of hydrogen-bond donors (Lipinski definition) is 1. The van der Waals surface area contributed by atoms with E-state index in [9.17, 15) is 0 Å². The number of unbranched alkanes of at least 4 members (excludes halogenated alkanes) is 1. The summed E-state index contributed by atoms with van der Waals surface area (Å²) in [5.41, 5.74) is 0. The van der Waals surface area contributed by atoms with Gasteiger partial charge in [-0.1, -0.05) is 0 Å². The van der Waals surface area contributed by atoms with Crippen LogP contribution in [0.1, 0.15) is 26.2 Å². The second-order valence-electron chi connectivity index (χ2n) is 2.60. The zero-order valence-electron chi connectivity index (χ0n) is 5.84. The quantitative estimate of drug-likeness (QED) is 0.453. The van der Waals surface area contributed by atoms with Crippen LogP contribution in [-0.4, -0.2) is 23.9 Å². The highest BCUT2D eigenvalue weighted by molar-refractivity contribution is 4.79. The molecule has 1 N–H and O–H groups in total. The van der Waals surface area contributed by atoms with Gasteiger partial charge in [0.2, 0.25) is 0 Å². The highest BCUT2D eigenvalue weighted by atomic mass is 16.6. The Kier molecular flexibility index (Phi) is 2.49. The Morgan fingerprint density at radius 1 is 1.44 bits per heavy atom. The van der Waals surface area contributed by atoms with Crippen molar-refractivity contribution in [2.45, 2.75) is 38.4 Å². The van der Waals surface area contributed by atoms with Gasteiger partial charge in [0.25, 0.3) is 0 Å². The maximum absolute atomic E-state index is 8.42. The molecule has 54 valence electrons. The van der Waals surface area contributed by atoms with Crippen LogP contribution in [0.25, 0.3) is 0 Å². The van der Waals surface area contributed by atoms with E-state index in [1.54, 1.807) is 0 Å². The zero-order valence-corrected chi connectivity index (χ0v) is 5.84. The third-order valence-electron chi connectivity index (χ3n) is 1.73. The summed E-state index contributed by atoms with van der Waals surface area (Å²) in [6, 6.07) is 0. The molecule has 2 heteroatoms. The van der Waals surface area contributed by atoms with E-state index in [0.717, 1.165) is 19.3 Å². The lowest BCUT2D eigenvalue weighted by atomic mass is 10.2. The van der Waals surface area contributed by atoms with Crippen LogP contribution < -0.4 is 0 Å². The molecule has 0 saturated carbocycles. The number of rotatable bonds is 4. The molecule has 1 saturated heterocycles. The first-order chi connectivity index (χ1) is 4.34. The van der Waals surface area contributed by atoms with E-state index in [2.05, 4.69) is 6.92 Å². The number of ether oxygens (including phenoxy) is 1. The molecule has 0 radical (unpaired) electrons. The standard InChI is InChI=1S/C7H14O2/c1-6-7(9-6)4-2-3-5-8/h6-8H,2-5H2,1H3. The lowest BCUT2D eigenvalue weighted by Gasteiger charge is -1.91. The minimum absolute atomic E-state index is 0.321. The van der Waals surface area contributed by atoms with E-state index in [-0.39, 0.29) is 0 Å². The van der Waals surface area contributed by atoms with E-state index in [4.69, 9.17) is 9.84 Å². The van der Waals surface area contributed by atoms with Crippen molar-refractivity contribution < 1.29 is 9.84 Å². The van der Waals surface area contributed by atoms with E-state index < -0.39 is 0 Å². The number of aliphatic hydroxyl groups excluding tert-OH is 1. The van der Waals surface area contributed by atoms with Crippen LogP contribution in [0.4, 0.5) is 0 Å². The lowest BCUT2D eigenvalue weighted by molar-refractivity contribution is 0.278. The van der Waals surface area contributed by atoms with Crippen LogP contribution in [0.5, 0.6) is 0 Å². The summed E-state index contributed by atoms with van der Waals surface area (Å²) in [6.07, 6.45) is 4.15. The normalized spacial score (nSPS) is 32.7. The summed E-state index contributed by atoms with van der Waals surface area (Å²) in [6.45, 7) is 2.41. The number of epoxide rings is 1. The molecule has 1 fully saturated rings. The Morgan fingerprint density at radius 3 is 2.56 bits per heavy atom. The van der Waals surface area contributed by atoms with E-state index in [1.165, 1.54) is 0 Å². The molecule has 1 aliphatic rings. The Labute approximate surface area is 55.8 Å². The van der Waals surface area contributed by atoms with Crippen molar-refractivity contribution in [1.82, 2.24) is 0 Å². The molecule has 0 aromatic rings. The number of aliphatic hydroxyl groups is 1. The average molecular weight is 130 g/mol. The molecule has 1 heterocycles. The highest BCUT2D eigenvalue weighted by Gasteiger charge is 2.32. The fourth-order valence-electron chi connectivity index (χ4n) is 0.990. The van der Waals surface area contributed by atoms with Crippen LogP contribution in [0.2, 0.25) is 0 Å². The molecule has 0 bridgehead atoms. The smallest absolute Gasteiger partial charge is 0.0839 e. The van der Waals surface area contributed by atoms with E-state index in [1.807, 2.05) is 0 Å². The molecule has 1 aliphatic heterocycles. The lowest BCUT2D eigenvalue weighted by Crippen LogP contribution is -1.90. The zero-order chi connectivity index (χ0) is 6.69. The van der Waals surface area contributed by atoms with Crippen molar-refractivity contribution in [2.75, 3.05) is 6.61 Å². The SMILES string of the molecule is CC1OC1CCCCO. The Bertz CT molecular complexity index is 83.0. The van der Waals surface area contributed by atoms with Gasteiger partial charge in [-0.05, 0) is 26.2 Å². The predicted octanol–water partition coefficient (Wildman–Crippen LogP) is 0.936. The van der Waals surface area contributed by atoms with Crippen molar-refractivity contribution in [1.29, 1.82) is 0 Å². The second kappa shape index (κ2) is 3.18. The van der Waals surface area contributed by atoms with Gasteiger partial charge in [-0.15, -0.1) is 0 Å². The maximum Gasteiger partial charge on any atom is 0.0839 e. The third-order valence-corrected chi connectivity index (χ3v) is 1.73. The summed E-state index contributed by atoms with van der Waals surface area (Å²) in [4.78, 5) is 0. The van der Waals surface area contributed by atoms with Gasteiger partial charge >= 0.3 is 0 Å². The number of hydrogen-bond acceptors (Lipinski definition) is 2. The Morgan fingerprint density at radius 2 is 2.11 bits per heavy atom. The summed E-state index contributed by atoms with van der Waals surface area (Å²) in [7, 11) is 0. The second-order valence-corrected chi connectivity index (χ2v) is 2.60. The van der Waals surface area contributed by atoms with Gasteiger partial charge in [-0.3, -0.25) is 0 Å². The molecule has 0 amide bonds. The molecule has 2 unspecified atom stereocenters. The molecule has 2 nitrogen and oxygen atoms in total. The fourth-order valence-corrected chi connectivity index (χ4v) is 0.990. The van der Waals surface area contributed by atoms with Crippen LogP contribution in [0.15, 0.2) is 0 Å². The van der Waals surface area contributed by atoms with Crippen LogP contribution in [0, 0.1) is 0 Å². The van der Waals surface area contributed by atoms with Gasteiger partial charge in [0.15, 0.2) is 0 Å². The van der Waals surface area contributed by atoms with E-state index >= 15 is 0 Å². The van der Waals surface area contributed by atoms with Crippen molar-refractivity contribution in [2.24, 2.45) is 0 Å². The monoisotopic (exact) mass is 130 g/mol. The molecule has 0 aromatic heterocycles. The van der Waals surface area contributed by atoms with Gasteiger partial charge in [0.05, 0.1) is 12.2 Å². The predicted molar refractivity (Wildman–Crippen MR) is 35.3 cm³/mol. The third kappa shape index (κ3) is 2.33. The van der Waals surface area contributed by atoms with Crippen molar-refractivity contribution in [3.05, 3.63) is 0 Å². The summed E-state index contributed by atoms with van der Waals surface area (Å²) in [5.74, 6) is 0. The Hall–Kier alpha value is -0.0800. The van der Waals surface area contributed by atoms with Gasteiger partial charge < -0.3 is 9.84 Å². The summed E-state index contributed by atoms with van der Waals surface area (Å²) < 4.78 is 5.18. The van der Waals surface area contributed by atoms with Gasteiger partial charge in [0.1, 0.15) is 0 Å². The summed E-state index contributed by atoms with van der Waals surface area (Å²) >= 11 is 0. The summed E-state index contributed by atoms with van der Waals surface area (Å²) in [5, 5.41) is 8.42. The molecular weight excluding hydrogens is 116 g/mol. The van der Waals surface area contributed by atoms with Gasteiger partial charge in [-0.25, -0.2) is 0 Å². The molecule has 9 heavy (non-hydrogen) atoms.